The van der Waals surface area contributed by atoms with Gasteiger partial charge in [-0.2, -0.15) is 4.98 Å². The van der Waals surface area contributed by atoms with Crippen LogP contribution in [-0.4, -0.2) is 27.9 Å². The molecule has 0 saturated carbocycles. The van der Waals surface area contributed by atoms with E-state index in [-0.39, 0.29) is 11.3 Å². The molecule has 0 unspecified atom stereocenters. The number of aryl methyl sites for hydroxylation is 2. The van der Waals surface area contributed by atoms with E-state index in [4.69, 9.17) is 4.74 Å². The minimum atomic E-state index is -3.89. The smallest absolute Gasteiger partial charge is 0.236 e. The molecule has 0 bridgehead atoms. The Morgan fingerprint density at radius 1 is 1.00 bits per heavy atom. The van der Waals surface area contributed by atoms with E-state index in [0.29, 0.717) is 29.3 Å². The van der Waals surface area contributed by atoms with Crippen molar-refractivity contribution in [2.45, 2.75) is 19.6 Å². The van der Waals surface area contributed by atoms with Crippen molar-refractivity contribution in [3.8, 4) is 17.4 Å². The number of hydrogen-bond donors (Lipinski definition) is 1. The average molecular weight is 471 g/mol. The van der Waals surface area contributed by atoms with Crippen LogP contribution in [0.15, 0.2) is 60.9 Å². The number of rotatable bonds is 7. The summed E-state index contributed by atoms with van der Waals surface area (Å²) in [6.07, 6.45) is 3.44. The van der Waals surface area contributed by atoms with Gasteiger partial charge < -0.3 is 4.74 Å². The molecular formula is C22H19F2N5O3S. The summed E-state index contributed by atoms with van der Waals surface area (Å²) in [5.74, 6) is 0.358. The van der Waals surface area contributed by atoms with Gasteiger partial charge in [-0.3, -0.25) is 9.29 Å². The summed E-state index contributed by atoms with van der Waals surface area (Å²) in [6.45, 7) is 3.59. The van der Waals surface area contributed by atoms with Crippen molar-refractivity contribution in [1.29, 1.82) is 0 Å². The lowest BCUT2D eigenvalue weighted by atomic mass is 10.2. The highest BCUT2D eigenvalue weighted by Gasteiger charge is 2.14. The summed E-state index contributed by atoms with van der Waals surface area (Å²) in [5, 5.41) is 0. The molecule has 0 atom stereocenters. The highest BCUT2D eigenvalue weighted by molar-refractivity contribution is 7.91. The molecule has 0 aliphatic carbocycles. The normalized spacial score (nSPS) is 11.4. The second kappa shape index (κ2) is 8.94. The van der Waals surface area contributed by atoms with Crippen LogP contribution >= 0.6 is 0 Å². The Morgan fingerprint density at radius 3 is 2.33 bits per heavy atom. The summed E-state index contributed by atoms with van der Waals surface area (Å²) in [4.78, 5) is 12.8. The molecule has 4 aromatic rings. The van der Waals surface area contributed by atoms with Crippen LogP contribution < -0.4 is 9.46 Å². The van der Waals surface area contributed by atoms with Crippen molar-refractivity contribution in [2.24, 2.45) is 0 Å². The average Bonchev–Trinajstić information content (AvgIpc) is 3.13. The van der Waals surface area contributed by atoms with Gasteiger partial charge in [-0.15, -0.1) is 0 Å². The molecule has 33 heavy (non-hydrogen) atoms. The maximum atomic E-state index is 13.3. The minimum Gasteiger partial charge on any atom is -0.439 e. The molecule has 2 heterocycles. The Balaban J connectivity index is 1.46. The number of ether oxygens (including phenoxy) is 1. The molecule has 2 aromatic heterocycles. The summed E-state index contributed by atoms with van der Waals surface area (Å²) in [5.41, 5.74) is 0.274. The molecule has 0 saturated heterocycles. The van der Waals surface area contributed by atoms with Crippen LogP contribution in [0.1, 0.15) is 17.2 Å². The van der Waals surface area contributed by atoms with E-state index in [1.807, 2.05) is 6.92 Å². The number of imidazole rings is 1. The number of anilines is 1. The Morgan fingerprint density at radius 2 is 1.70 bits per heavy atom. The predicted octanol–water partition coefficient (Wildman–Crippen LogP) is 4.29. The lowest BCUT2D eigenvalue weighted by molar-refractivity contribution is 0.459. The van der Waals surface area contributed by atoms with E-state index in [0.717, 1.165) is 18.0 Å². The molecule has 1 N–H and O–H groups in total. The zero-order chi connectivity index (χ0) is 23.6. The molecular weight excluding hydrogens is 452 g/mol. The van der Waals surface area contributed by atoms with E-state index < -0.39 is 27.4 Å². The van der Waals surface area contributed by atoms with Crippen molar-refractivity contribution >= 4 is 15.7 Å². The third-order valence-electron chi connectivity index (χ3n) is 4.50. The molecule has 0 spiro atoms. The molecule has 4 rings (SSSR count). The van der Waals surface area contributed by atoms with Crippen molar-refractivity contribution in [3.05, 3.63) is 89.8 Å². The first kappa shape index (κ1) is 22.3. The fourth-order valence-corrected chi connectivity index (χ4v) is 4.33. The molecule has 2 aromatic carbocycles. The third-order valence-corrected chi connectivity index (χ3v) is 5.76. The van der Waals surface area contributed by atoms with E-state index in [9.17, 15) is 17.2 Å². The predicted molar refractivity (Wildman–Crippen MR) is 118 cm³/mol. The molecule has 0 aliphatic heterocycles. The van der Waals surface area contributed by atoms with Gasteiger partial charge in [-0.25, -0.2) is 27.2 Å². The number of nitrogens with zero attached hydrogens (tertiary/aromatic N) is 4. The summed E-state index contributed by atoms with van der Waals surface area (Å²) in [7, 11) is -3.89. The Bertz CT molecular complexity index is 1390. The number of sulfonamides is 1. The van der Waals surface area contributed by atoms with E-state index >= 15 is 0 Å². The standard InChI is InChI=1S/C22H19F2N5O3S/c1-14-26-21(29-8-7-25-15(29)2)12-22(27-14)32-20-5-3-19(4-6-20)28-33(30,31)13-16-9-17(23)11-18(24)10-16/h3-12,28H,13H2,1-2H3. The van der Waals surface area contributed by atoms with Gasteiger partial charge in [0.25, 0.3) is 0 Å². The zero-order valence-electron chi connectivity index (χ0n) is 17.7. The summed E-state index contributed by atoms with van der Waals surface area (Å²) >= 11 is 0. The highest BCUT2D eigenvalue weighted by atomic mass is 32.2. The fourth-order valence-electron chi connectivity index (χ4n) is 3.16. The van der Waals surface area contributed by atoms with E-state index in [1.54, 1.807) is 42.1 Å². The first-order valence-electron chi connectivity index (χ1n) is 9.76. The monoisotopic (exact) mass is 471 g/mol. The van der Waals surface area contributed by atoms with Gasteiger partial charge in [0.1, 0.15) is 34.9 Å². The van der Waals surface area contributed by atoms with Gasteiger partial charge in [-0.05, 0) is 55.8 Å². The maximum absolute atomic E-state index is 13.3. The number of hydrogen-bond acceptors (Lipinski definition) is 6. The topological polar surface area (TPSA) is 99.0 Å². The molecule has 8 nitrogen and oxygen atoms in total. The number of benzene rings is 2. The summed E-state index contributed by atoms with van der Waals surface area (Å²) < 4.78 is 61.4. The highest BCUT2D eigenvalue weighted by Crippen LogP contribution is 2.24. The first-order valence-corrected chi connectivity index (χ1v) is 11.4. The second-order valence-electron chi connectivity index (χ2n) is 7.22. The lowest BCUT2D eigenvalue weighted by Gasteiger charge is -2.11. The fraction of sp³-hybridized carbons (Fsp3) is 0.136. The van der Waals surface area contributed by atoms with Crippen molar-refractivity contribution in [2.75, 3.05) is 4.72 Å². The number of aromatic nitrogens is 4. The van der Waals surface area contributed by atoms with Crippen molar-refractivity contribution in [3.63, 3.8) is 0 Å². The van der Waals surface area contributed by atoms with Crippen LogP contribution in [0.3, 0.4) is 0 Å². The Kier molecular flexibility index (Phi) is 6.05. The van der Waals surface area contributed by atoms with Crippen LogP contribution in [0.4, 0.5) is 14.5 Å². The van der Waals surface area contributed by atoms with Gasteiger partial charge in [0.15, 0.2) is 0 Å². The van der Waals surface area contributed by atoms with E-state index in [1.165, 1.54) is 12.1 Å². The zero-order valence-corrected chi connectivity index (χ0v) is 18.5. The molecule has 0 radical (unpaired) electrons. The largest absolute Gasteiger partial charge is 0.439 e. The van der Waals surface area contributed by atoms with Gasteiger partial charge in [-0.1, -0.05) is 0 Å². The quantitative estimate of drug-likeness (QED) is 0.432. The van der Waals surface area contributed by atoms with Crippen molar-refractivity contribution in [1.82, 2.24) is 19.5 Å². The SMILES string of the molecule is Cc1nc(Oc2ccc(NS(=O)(=O)Cc3cc(F)cc(F)c3)cc2)cc(-n2ccnc2C)n1. The van der Waals surface area contributed by atoms with Crippen LogP contribution in [-0.2, 0) is 15.8 Å². The third kappa shape index (κ3) is 5.69. The Labute approximate surface area is 189 Å². The van der Waals surface area contributed by atoms with Gasteiger partial charge in [0.05, 0.1) is 5.75 Å². The molecule has 0 aliphatic rings. The summed E-state index contributed by atoms with van der Waals surface area (Å²) in [6, 6.07) is 10.4. The second-order valence-corrected chi connectivity index (χ2v) is 8.94. The molecule has 170 valence electrons. The van der Waals surface area contributed by atoms with Crippen LogP contribution in [0.2, 0.25) is 0 Å². The van der Waals surface area contributed by atoms with E-state index in [2.05, 4.69) is 19.7 Å². The number of halogens is 2. The molecule has 0 amide bonds. The van der Waals surface area contributed by atoms with Crippen LogP contribution in [0.5, 0.6) is 11.6 Å². The molecule has 11 heteroatoms. The van der Waals surface area contributed by atoms with Gasteiger partial charge in [0.2, 0.25) is 15.9 Å². The lowest BCUT2D eigenvalue weighted by Crippen LogP contribution is -2.15. The van der Waals surface area contributed by atoms with Gasteiger partial charge in [0, 0.05) is 30.2 Å². The number of nitrogens with one attached hydrogen (secondary N) is 1. The van der Waals surface area contributed by atoms with Crippen molar-refractivity contribution < 1.29 is 21.9 Å². The first-order chi connectivity index (χ1) is 15.7. The van der Waals surface area contributed by atoms with Gasteiger partial charge >= 0.3 is 0 Å². The minimum absolute atomic E-state index is 0.00279. The maximum Gasteiger partial charge on any atom is 0.236 e. The molecule has 0 fully saturated rings. The van der Waals surface area contributed by atoms with Crippen LogP contribution in [0.25, 0.3) is 5.82 Å². The van der Waals surface area contributed by atoms with Crippen LogP contribution in [0, 0.1) is 25.5 Å². The Hall–Kier alpha value is -3.86.